The fourth-order valence-electron chi connectivity index (χ4n) is 2.28. The number of rotatable bonds is 1. The van der Waals surface area contributed by atoms with E-state index in [4.69, 9.17) is 0 Å². The van der Waals surface area contributed by atoms with Gasteiger partial charge in [-0.05, 0) is 36.5 Å². The topological polar surface area (TPSA) is 29.1 Å². The molecule has 1 aliphatic carbocycles. The van der Waals surface area contributed by atoms with Crippen molar-refractivity contribution in [2.45, 2.75) is 31.7 Å². The van der Waals surface area contributed by atoms with Gasteiger partial charge in [0.15, 0.2) is 0 Å². The summed E-state index contributed by atoms with van der Waals surface area (Å²) in [5.74, 6) is 0.111. The highest BCUT2D eigenvalue weighted by atomic mass is 16.2. The van der Waals surface area contributed by atoms with Crippen LogP contribution in [0.4, 0.5) is 0 Å². The van der Waals surface area contributed by atoms with Crippen LogP contribution in [0.15, 0.2) is 18.2 Å². The Labute approximate surface area is 83.3 Å². The fraction of sp³-hybridized carbons (Fsp3) is 0.417. The van der Waals surface area contributed by atoms with Crippen LogP contribution < -0.4 is 5.32 Å². The highest BCUT2D eigenvalue weighted by Gasteiger charge is 2.51. The monoisotopic (exact) mass is 187 g/mol. The van der Waals surface area contributed by atoms with Crippen molar-refractivity contribution in [3.8, 4) is 0 Å². The van der Waals surface area contributed by atoms with Crippen LogP contribution in [0.3, 0.4) is 0 Å². The number of nitrogens with one attached hydrogen (secondary N) is 1. The standard InChI is InChI=1S/C12H13NO/c1-2-8-3-4-9-10(7-8)12(5-6-12)13-11(9)14/h3-4,7H,2,5-6H2,1H3,(H,13,14). The summed E-state index contributed by atoms with van der Waals surface area (Å²) in [5, 5.41) is 3.08. The second kappa shape index (κ2) is 2.38. The zero-order chi connectivity index (χ0) is 9.76. The molecule has 1 amide bonds. The molecule has 0 bridgehead atoms. The molecule has 0 unspecified atom stereocenters. The molecule has 72 valence electrons. The minimum atomic E-state index is 0.0393. The van der Waals surface area contributed by atoms with Crippen LogP contribution >= 0.6 is 0 Å². The van der Waals surface area contributed by atoms with Crippen molar-refractivity contribution in [1.29, 1.82) is 0 Å². The van der Waals surface area contributed by atoms with Gasteiger partial charge in [0.2, 0.25) is 0 Å². The zero-order valence-electron chi connectivity index (χ0n) is 8.26. The minimum Gasteiger partial charge on any atom is -0.342 e. The number of benzene rings is 1. The summed E-state index contributed by atoms with van der Waals surface area (Å²) >= 11 is 0. The highest BCUT2D eigenvalue weighted by molar-refractivity contribution is 6.00. The SMILES string of the molecule is CCc1ccc2c(c1)C1(CC1)NC2=O. The van der Waals surface area contributed by atoms with Crippen LogP contribution in [-0.4, -0.2) is 5.91 Å². The molecule has 1 aromatic rings. The predicted octanol–water partition coefficient (Wildman–Crippen LogP) is 1.98. The maximum Gasteiger partial charge on any atom is 0.252 e. The average Bonchev–Trinajstić information content (AvgIpc) is 2.91. The van der Waals surface area contributed by atoms with Gasteiger partial charge in [0.05, 0.1) is 5.54 Å². The molecule has 2 aliphatic rings. The van der Waals surface area contributed by atoms with E-state index in [1.165, 1.54) is 11.1 Å². The first kappa shape index (κ1) is 8.04. The average molecular weight is 187 g/mol. The first-order chi connectivity index (χ1) is 6.75. The third-order valence-corrected chi connectivity index (χ3v) is 3.36. The smallest absolute Gasteiger partial charge is 0.252 e. The Morgan fingerprint density at radius 1 is 1.43 bits per heavy atom. The molecule has 0 aromatic heterocycles. The molecule has 0 saturated heterocycles. The zero-order valence-corrected chi connectivity index (χ0v) is 8.26. The second-order valence-corrected chi connectivity index (χ2v) is 4.27. The molecule has 0 radical (unpaired) electrons. The molecule has 2 nitrogen and oxygen atoms in total. The maximum absolute atomic E-state index is 11.6. The Balaban J connectivity index is 2.18. The van der Waals surface area contributed by atoms with Crippen molar-refractivity contribution in [2.24, 2.45) is 0 Å². The van der Waals surface area contributed by atoms with E-state index in [0.717, 1.165) is 24.8 Å². The van der Waals surface area contributed by atoms with Gasteiger partial charge in [0.25, 0.3) is 5.91 Å². The predicted molar refractivity (Wildman–Crippen MR) is 54.2 cm³/mol. The lowest BCUT2D eigenvalue weighted by Crippen LogP contribution is -2.25. The van der Waals surface area contributed by atoms with Gasteiger partial charge in [0.1, 0.15) is 0 Å². The molecule has 1 spiro atoms. The Morgan fingerprint density at radius 3 is 2.86 bits per heavy atom. The fourth-order valence-corrected chi connectivity index (χ4v) is 2.28. The normalized spacial score (nSPS) is 20.8. The quantitative estimate of drug-likeness (QED) is 0.715. The number of carbonyl (C=O) groups is 1. The van der Waals surface area contributed by atoms with E-state index in [1.54, 1.807) is 0 Å². The van der Waals surface area contributed by atoms with E-state index in [2.05, 4.69) is 24.4 Å². The Morgan fingerprint density at radius 2 is 2.21 bits per heavy atom. The second-order valence-electron chi connectivity index (χ2n) is 4.27. The maximum atomic E-state index is 11.6. The number of carbonyl (C=O) groups excluding carboxylic acids is 1. The molecular formula is C12H13NO. The van der Waals surface area contributed by atoms with Crippen LogP contribution in [-0.2, 0) is 12.0 Å². The molecule has 2 heteroatoms. The van der Waals surface area contributed by atoms with Gasteiger partial charge in [-0.3, -0.25) is 4.79 Å². The molecule has 1 aliphatic heterocycles. The van der Waals surface area contributed by atoms with Gasteiger partial charge in [0, 0.05) is 5.56 Å². The van der Waals surface area contributed by atoms with Crippen molar-refractivity contribution >= 4 is 5.91 Å². The first-order valence-corrected chi connectivity index (χ1v) is 5.21. The molecular weight excluding hydrogens is 174 g/mol. The van der Waals surface area contributed by atoms with Crippen molar-refractivity contribution in [3.63, 3.8) is 0 Å². The molecule has 14 heavy (non-hydrogen) atoms. The van der Waals surface area contributed by atoms with Crippen LogP contribution in [0.25, 0.3) is 0 Å². The van der Waals surface area contributed by atoms with E-state index in [9.17, 15) is 4.79 Å². The van der Waals surface area contributed by atoms with Gasteiger partial charge in [-0.25, -0.2) is 0 Å². The van der Waals surface area contributed by atoms with Gasteiger partial charge >= 0.3 is 0 Å². The first-order valence-electron chi connectivity index (χ1n) is 5.21. The van der Waals surface area contributed by atoms with E-state index < -0.39 is 0 Å². The lowest BCUT2D eigenvalue weighted by molar-refractivity contribution is 0.0952. The minimum absolute atomic E-state index is 0.0393. The van der Waals surface area contributed by atoms with E-state index in [1.807, 2.05) is 6.07 Å². The van der Waals surface area contributed by atoms with Gasteiger partial charge in [-0.2, -0.15) is 0 Å². The van der Waals surface area contributed by atoms with Gasteiger partial charge < -0.3 is 5.32 Å². The van der Waals surface area contributed by atoms with Crippen LogP contribution in [0.2, 0.25) is 0 Å². The van der Waals surface area contributed by atoms with Crippen molar-refractivity contribution in [3.05, 3.63) is 34.9 Å². The van der Waals surface area contributed by atoms with Gasteiger partial charge in [-0.1, -0.05) is 19.1 Å². The molecule has 3 rings (SSSR count). The largest absolute Gasteiger partial charge is 0.342 e. The molecule has 0 atom stereocenters. The Bertz CT molecular complexity index is 418. The number of hydrogen-bond acceptors (Lipinski definition) is 1. The summed E-state index contributed by atoms with van der Waals surface area (Å²) < 4.78 is 0. The third-order valence-electron chi connectivity index (χ3n) is 3.36. The van der Waals surface area contributed by atoms with Crippen molar-refractivity contribution in [1.82, 2.24) is 5.32 Å². The summed E-state index contributed by atoms with van der Waals surface area (Å²) in [7, 11) is 0. The summed E-state index contributed by atoms with van der Waals surface area (Å²) in [5.41, 5.74) is 3.49. The molecule has 1 N–H and O–H groups in total. The number of fused-ring (bicyclic) bond motifs is 2. The highest BCUT2D eigenvalue weighted by Crippen LogP contribution is 2.50. The molecule has 1 heterocycles. The van der Waals surface area contributed by atoms with Crippen LogP contribution in [0.5, 0.6) is 0 Å². The number of amides is 1. The van der Waals surface area contributed by atoms with E-state index in [0.29, 0.717) is 0 Å². The summed E-state index contributed by atoms with van der Waals surface area (Å²) in [6, 6.07) is 6.22. The lowest BCUT2D eigenvalue weighted by atomic mass is 9.99. The molecule has 1 fully saturated rings. The Kier molecular flexibility index (Phi) is 1.37. The van der Waals surface area contributed by atoms with E-state index in [-0.39, 0.29) is 11.4 Å². The van der Waals surface area contributed by atoms with Crippen molar-refractivity contribution in [2.75, 3.05) is 0 Å². The lowest BCUT2D eigenvalue weighted by Gasteiger charge is -2.08. The third kappa shape index (κ3) is 0.884. The Hall–Kier alpha value is -1.31. The summed E-state index contributed by atoms with van der Waals surface area (Å²) in [6.45, 7) is 2.14. The van der Waals surface area contributed by atoms with Crippen molar-refractivity contribution < 1.29 is 4.79 Å². The summed E-state index contributed by atoms with van der Waals surface area (Å²) in [6.07, 6.45) is 3.26. The van der Waals surface area contributed by atoms with Crippen LogP contribution in [0, 0.1) is 0 Å². The van der Waals surface area contributed by atoms with Crippen LogP contribution in [0.1, 0.15) is 41.3 Å². The molecule has 1 aromatic carbocycles. The van der Waals surface area contributed by atoms with Gasteiger partial charge in [-0.15, -0.1) is 0 Å². The number of hydrogen-bond donors (Lipinski definition) is 1. The van der Waals surface area contributed by atoms with E-state index >= 15 is 0 Å². The summed E-state index contributed by atoms with van der Waals surface area (Å²) in [4.78, 5) is 11.6. The number of aryl methyl sites for hydroxylation is 1. The molecule has 1 saturated carbocycles.